The summed E-state index contributed by atoms with van der Waals surface area (Å²) in [5, 5.41) is 3.22. The van der Waals surface area contributed by atoms with E-state index in [0.717, 1.165) is 23.7 Å². The predicted molar refractivity (Wildman–Crippen MR) is 79.0 cm³/mol. The molecule has 0 aliphatic carbocycles. The predicted octanol–water partition coefficient (Wildman–Crippen LogP) is 4.43. The molecule has 100 valence electrons. The van der Waals surface area contributed by atoms with Crippen LogP contribution in [-0.4, -0.2) is 11.5 Å². The fraction of sp³-hybridized carbons (Fsp3) is 0.312. The lowest BCUT2D eigenvalue weighted by Crippen LogP contribution is -1.97. The first-order chi connectivity index (χ1) is 9.19. The molecule has 19 heavy (non-hydrogen) atoms. The lowest BCUT2D eigenvalue weighted by atomic mass is 10.0. The van der Waals surface area contributed by atoms with Crippen LogP contribution in [0, 0.1) is 0 Å². The summed E-state index contributed by atoms with van der Waals surface area (Å²) in [4.78, 5) is 4.17. The quantitative estimate of drug-likeness (QED) is 0.859. The van der Waals surface area contributed by atoms with Crippen molar-refractivity contribution in [2.75, 3.05) is 11.9 Å². The van der Waals surface area contributed by atoms with Crippen LogP contribution in [0.3, 0.4) is 0 Å². The van der Waals surface area contributed by atoms with E-state index in [0.29, 0.717) is 5.92 Å². The minimum Gasteiger partial charge on any atom is -0.456 e. The number of rotatable bonds is 5. The minimum absolute atomic E-state index is 0.495. The van der Waals surface area contributed by atoms with E-state index in [4.69, 9.17) is 4.74 Å². The first-order valence-corrected chi connectivity index (χ1v) is 6.65. The highest BCUT2D eigenvalue weighted by atomic mass is 16.5. The maximum absolute atomic E-state index is 5.85. The number of nitrogens with one attached hydrogen (secondary N) is 1. The fourth-order valence-electron chi connectivity index (χ4n) is 1.85. The van der Waals surface area contributed by atoms with Gasteiger partial charge in [-0.2, -0.15) is 0 Å². The van der Waals surface area contributed by atoms with E-state index in [1.807, 2.05) is 18.2 Å². The van der Waals surface area contributed by atoms with E-state index in [2.05, 4.69) is 43.2 Å². The Balaban J connectivity index is 2.16. The lowest BCUT2D eigenvalue weighted by molar-refractivity contribution is 0.479. The van der Waals surface area contributed by atoms with E-state index in [9.17, 15) is 0 Å². The minimum atomic E-state index is 0.495. The molecule has 0 radical (unpaired) electrons. The van der Waals surface area contributed by atoms with Gasteiger partial charge in [-0.15, -0.1) is 0 Å². The van der Waals surface area contributed by atoms with Crippen molar-refractivity contribution >= 4 is 5.69 Å². The Morgan fingerprint density at radius 3 is 2.74 bits per heavy atom. The van der Waals surface area contributed by atoms with Crippen LogP contribution in [0.4, 0.5) is 5.69 Å². The second-order valence-electron chi connectivity index (χ2n) is 4.77. The highest BCUT2D eigenvalue weighted by Gasteiger charge is 2.03. The summed E-state index contributed by atoms with van der Waals surface area (Å²) in [5.41, 5.74) is 2.24. The van der Waals surface area contributed by atoms with E-state index in [1.165, 1.54) is 5.56 Å². The molecule has 2 rings (SSSR count). The van der Waals surface area contributed by atoms with E-state index in [1.54, 1.807) is 12.4 Å². The molecule has 0 bridgehead atoms. The van der Waals surface area contributed by atoms with Crippen molar-refractivity contribution in [3.05, 3.63) is 48.3 Å². The topological polar surface area (TPSA) is 34.2 Å². The number of ether oxygens (including phenoxy) is 1. The summed E-state index contributed by atoms with van der Waals surface area (Å²) < 4.78 is 5.85. The summed E-state index contributed by atoms with van der Waals surface area (Å²) in [5.74, 6) is 2.09. The van der Waals surface area contributed by atoms with Crippen molar-refractivity contribution in [2.45, 2.75) is 26.7 Å². The van der Waals surface area contributed by atoms with Crippen molar-refractivity contribution in [2.24, 2.45) is 0 Å². The first kappa shape index (κ1) is 13.4. The van der Waals surface area contributed by atoms with Crippen molar-refractivity contribution in [1.29, 1.82) is 0 Å². The van der Waals surface area contributed by atoms with Gasteiger partial charge >= 0.3 is 0 Å². The van der Waals surface area contributed by atoms with Gasteiger partial charge in [0.1, 0.15) is 11.5 Å². The molecule has 0 saturated carbocycles. The van der Waals surface area contributed by atoms with Gasteiger partial charge in [0.2, 0.25) is 0 Å². The highest BCUT2D eigenvalue weighted by molar-refractivity contribution is 5.46. The number of benzene rings is 1. The average Bonchev–Trinajstić information content (AvgIpc) is 2.40. The fourth-order valence-corrected chi connectivity index (χ4v) is 1.85. The molecule has 1 aromatic heterocycles. The van der Waals surface area contributed by atoms with Crippen molar-refractivity contribution in [3.63, 3.8) is 0 Å². The van der Waals surface area contributed by atoms with Crippen LogP contribution in [0.2, 0.25) is 0 Å². The van der Waals surface area contributed by atoms with Crippen LogP contribution in [0.25, 0.3) is 0 Å². The van der Waals surface area contributed by atoms with Gasteiger partial charge in [-0.25, -0.2) is 0 Å². The lowest BCUT2D eigenvalue weighted by Gasteiger charge is -2.10. The van der Waals surface area contributed by atoms with Gasteiger partial charge < -0.3 is 10.1 Å². The Morgan fingerprint density at radius 1 is 1.16 bits per heavy atom. The number of pyridine rings is 1. The first-order valence-electron chi connectivity index (χ1n) is 6.65. The van der Waals surface area contributed by atoms with Gasteiger partial charge in [0.25, 0.3) is 0 Å². The Hall–Kier alpha value is -2.03. The monoisotopic (exact) mass is 256 g/mol. The van der Waals surface area contributed by atoms with Crippen LogP contribution in [0.1, 0.15) is 32.3 Å². The van der Waals surface area contributed by atoms with Crippen LogP contribution < -0.4 is 10.1 Å². The summed E-state index contributed by atoms with van der Waals surface area (Å²) in [6, 6.07) is 10.1. The maximum atomic E-state index is 5.85. The zero-order valence-corrected chi connectivity index (χ0v) is 11.7. The van der Waals surface area contributed by atoms with Crippen LogP contribution >= 0.6 is 0 Å². The average molecular weight is 256 g/mol. The molecular formula is C16H20N2O. The van der Waals surface area contributed by atoms with Crippen LogP contribution in [-0.2, 0) is 0 Å². The van der Waals surface area contributed by atoms with Crippen molar-refractivity contribution in [1.82, 2.24) is 4.98 Å². The number of aromatic nitrogens is 1. The van der Waals surface area contributed by atoms with Crippen LogP contribution in [0.15, 0.2) is 42.7 Å². The molecule has 2 aromatic rings. The third-order valence-corrected chi connectivity index (χ3v) is 2.85. The molecule has 3 heteroatoms. The Bertz CT molecular complexity index is 538. The third kappa shape index (κ3) is 3.71. The number of nitrogens with zero attached hydrogens (tertiary/aromatic N) is 1. The normalized spacial score (nSPS) is 10.5. The van der Waals surface area contributed by atoms with Crippen molar-refractivity contribution in [3.8, 4) is 11.5 Å². The molecule has 3 nitrogen and oxygen atoms in total. The van der Waals surface area contributed by atoms with Crippen molar-refractivity contribution < 1.29 is 4.74 Å². The largest absolute Gasteiger partial charge is 0.456 e. The van der Waals surface area contributed by atoms with Gasteiger partial charge in [-0.05, 0) is 30.5 Å². The Labute approximate surface area is 114 Å². The molecule has 0 spiro atoms. The summed E-state index contributed by atoms with van der Waals surface area (Å²) in [6.45, 7) is 7.27. The maximum Gasteiger partial charge on any atom is 0.147 e. The molecule has 1 heterocycles. The smallest absolute Gasteiger partial charge is 0.147 e. The molecule has 0 saturated heterocycles. The van der Waals surface area contributed by atoms with Crippen LogP contribution in [0.5, 0.6) is 11.5 Å². The molecule has 1 N–H and O–H groups in total. The molecule has 0 unspecified atom stereocenters. The summed E-state index contributed by atoms with van der Waals surface area (Å²) in [7, 11) is 0. The van der Waals surface area contributed by atoms with E-state index < -0.39 is 0 Å². The third-order valence-electron chi connectivity index (χ3n) is 2.85. The van der Waals surface area contributed by atoms with Gasteiger partial charge in [-0.1, -0.05) is 26.0 Å². The molecule has 0 aliphatic rings. The molecular weight excluding hydrogens is 236 g/mol. The number of hydrogen-bond acceptors (Lipinski definition) is 3. The SMILES string of the molecule is CCNc1cncc(Oc2cccc(C(C)C)c2)c1. The molecule has 0 aliphatic heterocycles. The Morgan fingerprint density at radius 2 is 2.00 bits per heavy atom. The van der Waals surface area contributed by atoms with E-state index in [-0.39, 0.29) is 0 Å². The highest BCUT2D eigenvalue weighted by Crippen LogP contribution is 2.26. The van der Waals surface area contributed by atoms with Gasteiger partial charge in [0.05, 0.1) is 18.1 Å². The molecule has 0 fully saturated rings. The summed E-state index contributed by atoms with van der Waals surface area (Å²) >= 11 is 0. The second kappa shape index (κ2) is 6.23. The summed E-state index contributed by atoms with van der Waals surface area (Å²) in [6.07, 6.45) is 3.52. The molecule has 0 atom stereocenters. The zero-order chi connectivity index (χ0) is 13.7. The standard InChI is InChI=1S/C16H20N2O/c1-4-18-14-9-16(11-17-10-14)19-15-7-5-6-13(8-15)12(2)3/h5-12,18H,4H2,1-3H3. The number of anilines is 1. The molecule has 0 amide bonds. The van der Waals surface area contributed by atoms with Gasteiger partial charge in [0, 0.05) is 12.6 Å². The van der Waals surface area contributed by atoms with Gasteiger partial charge in [0.15, 0.2) is 0 Å². The Kier molecular flexibility index (Phi) is 4.39. The van der Waals surface area contributed by atoms with Gasteiger partial charge in [-0.3, -0.25) is 4.98 Å². The van der Waals surface area contributed by atoms with E-state index >= 15 is 0 Å². The number of hydrogen-bond donors (Lipinski definition) is 1. The second-order valence-corrected chi connectivity index (χ2v) is 4.77. The molecule has 1 aromatic carbocycles. The zero-order valence-electron chi connectivity index (χ0n) is 11.7.